The van der Waals surface area contributed by atoms with Crippen LogP contribution in [0.5, 0.6) is 0 Å². The number of nitrogens with zero attached hydrogens (tertiary/aromatic N) is 5. The summed E-state index contributed by atoms with van der Waals surface area (Å²) in [6.45, 7) is 13.8. The SMILES string of the molecule is CC1CCN(C(=O)Cn2nc(C(C)C)c3cnn(C(C)(C)C)c3c2=O)CC1. The maximum Gasteiger partial charge on any atom is 0.293 e. The van der Waals surface area contributed by atoms with Crippen LogP contribution >= 0.6 is 0 Å². The van der Waals surface area contributed by atoms with Gasteiger partial charge in [0.15, 0.2) is 0 Å². The zero-order valence-electron chi connectivity index (χ0n) is 17.3. The van der Waals surface area contributed by atoms with Gasteiger partial charge < -0.3 is 4.90 Å². The van der Waals surface area contributed by atoms with Crippen molar-refractivity contribution in [1.29, 1.82) is 0 Å². The smallest absolute Gasteiger partial charge is 0.293 e. The van der Waals surface area contributed by atoms with E-state index in [1.54, 1.807) is 10.9 Å². The summed E-state index contributed by atoms with van der Waals surface area (Å²) in [7, 11) is 0. The second-order valence-electron chi connectivity index (χ2n) is 9.06. The molecule has 1 aliphatic heterocycles. The monoisotopic (exact) mass is 373 g/mol. The van der Waals surface area contributed by atoms with Crippen molar-refractivity contribution < 1.29 is 4.79 Å². The van der Waals surface area contributed by atoms with Gasteiger partial charge in [0.25, 0.3) is 5.56 Å². The Morgan fingerprint density at radius 1 is 1.26 bits per heavy atom. The summed E-state index contributed by atoms with van der Waals surface area (Å²) in [6.07, 6.45) is 3.75. The molecule has 0 N–H and O–H groups in total. The third kappa shape index (κ3) is 3.77. The van der Waals surface area contributed by atoms with Crippen LogP contribution in [0.1, 0.15) is 66.0 Å². The number of amides is 1. The van der Waals surface area contributed by atoms with Gasteiger partial charge in [-0.3, -0.25) is 14.3 Å². The molecule has 0 radical (unpaired) electrons. The molecule has 0 bridgehead atoms. The Hall–Kier alpha value is -2.18. The van der Waals surface area contributed by atoms with E-state index in [0.29, 0.717) is 11.4 Å². The van der Waals surface area contributed by atoms with Crippen molar-refractivity contribution >= 4 is 16.8 Å². The highest BCUT2D eigenvalue weighted by Gasteiger charge is 2.26. The Kier molecular flexibility index (Phi) is 5.14. The molecule has 1 aliphatic rings. The van der Waals surface area contributed by atoms with Crippen LogP contribution in [-0.2, 0) is 16.9 Å². The standard InChI is InChI=1S/C20H31N5O2/c1-13(2)17-15-11-21-25(20(4,5)6)18(15)19(27)24(22-17)12-16(26)23-9-7-14(3)8-10-23/h11,13-14H,7-10,12H2,1-6H3. The number of carbonyl (C=O) groups is 1. The third-order valence-electron chi connectivity index (χ3n) is 5.31. The van der Waals surface area contributed by atoms with Crippen molar-refractivity contribution in [3.8, 4) is 0 Å². The van der Waals surface area contributed by atoms with Gasteiger partial charge in [0.05, 0.1) is 17.4 Å². The lowest BCUT2D eigenvalue weighted by Gasteiger charge is -2.30. The van der Waals surface area contributed by atoms with Crippen LogP contribution in [0.15, 0.2) is 11.0 Å². The molecule has 1 fully saturated rings. The highest BCUT2D eigenvalue weighted by atomic mass is 16.2. The van der Waals surface area contributed by atoms with Gasteiger partial charge in [0, 0.05) is 18.5 Å². The predicted octanol–water partition coefficient (Wildman–Crippen LogP) is 2.73. The van der Waals surface area contributed by atoms with Crippen LogP contribution in [-0.4, -0.2) is 43.5 Å². The fourth-order valence-electron chi connectivity index (χ4n) is 3.62. The molecule has 148 valence electrons. The molecular weight excluding hydrogens is 342 g/mol. The van der Waals surface area contributed by atoms with Crippen molar-refractivity contribution in [3.63, 3.8) is 0 Å². The van der Waals surface area contributed by atoms with Crippen molar-refractivity contribution in [2.75, 3.05) is 13.1 Å². The minimum atomic E-state index is -0.332. The Bertz CT molecular complexity index is 895. The lowest BCUT2D eigenvalue weighted by atomic mass is 9.99. The van der Waals surface area contributed by atoms with Gasteiger partial charge >= 0.3 is 0 Å². The van der Waals surface area contributed by atoms with E-state index in [2.05, 4.69) is 17.1 Å². The van der Waals surface area contributed by atoms with E-state index in [-0.39, 0.29) is 29.5 Å². The van der Waals surface area contributed by atoms with Gasteiger partial charge in [-0.05, 0) is 45.4 Å². The predicted molar refractivity (Wildman–Crippen MR) is 106 cm³/mol. The molecule has 7 heteroatoms. The summed E-state index contributed by atoms with van der Waals surface area (Å²) in [5.41, 5.74) is 0.753. The fourth-order valence-corrected chi connectivity index (χ4v) is 3.62. The summed E-state index contributed by atoms with van der Waals surface area (Å²) in [6, 6.07) is 0. The molecule has 2 aromatic heterocycles. The molecule has 3 rings (SSSR count). The summed E-state index contributed by atoms with van der Waals surface area (Å²) in [4.78, 5) is 27.8. The van der Waals surface area contributed by atoms with E-state index in [4.69, 9.17) is 0 Å². The molecule has 27 heavy (non-hydrogen) atoms. The maximum atomic E-state index is 13.2. The van der Waals surface area contributed by atoms with Crippen LogP contribution in [0.2, 0.25) is 0 Å². The molecule has 0 atom stereocenters. The second-order valence-corrected chi connectivity index (χ2v) is 9.06. The summed E-state index contributed by atoms with van der Waals surface area (Å²) in [5.74, 6) is 0.746. The molecule has 7 nitrogen and oxygen atoms in total. The van der Waals surface area contributed by atoms with Crippen LogP contribution in [0.25, 0.3) is 10.9 Å². The van der Waals surface area contributed by atoms with Crippen LogP contribution < -0.4 is 5.56 Å². The average molecular weight is 374 g/mol. The van der Waals surface area contributed by atoms with Gasteiger partial charge in [-0.1, -0.05) is 20.8 Å². The zero-order chi connectivity index (χ0) is 19.9. The second kappa shape index (κ2) is 7.09. The highest BCUT2D eigenvalue weighted by Crippen LogP contribution is 2.25. The van der Waals surface area contributed by atoms with Gasteiger partial charge in [-0.2, -0.15) is 10.2 Å². The van der Waals surface area contributed by atoms with Crippen LogP contribution in [0, 0.1) is 5.92 Å². The van der Waals surface area contributed by atoms with E-state index in [1.807, 2.05) is 39.5 Å². The Labute approximate surface area is 160 Å². The molecule has 0 saturated carbocycles. The first-order chi connectivity index (χ1) is 12.6. The number of carbonyl (C=O) groups excluding carboxylic acids is 1. The zero-order valence-corrected chi connectivity index (χ0v) is 17.3. The number of rotatable bonds is 3. The van der Waals surface area contributed by atoms with E-state index in [9.17, 15) is 9.59 Å². The summed E-state index contributed by atoms with van der Waals surface area (Å²) >= 11 is 0. The summed E-state index contributed by atoms with van der Waals surface area (Å²) < 4.78 is 3.09. The molecule has 1 amide bonds. The van der Waals surface area contributed by atoms with E-state index in [0.717, 1.165) is 37.0 Å². The lowest BCUT2D eigenvalue weighted by Crippen LogP contribution is -2.42. The van der Waals surface area contributed by atoms with Crippen molar-refractivity contribution in [2.45, 2.75) is 72.4 Å². The molecule has 3 heterocycles. The molecule has 0 unspecified atom stereocenters. The number of likely N-dealkylation sites (tertiary alicyclic amines) is 1. The number of aromatic nitrogens is 4. The highest BCUT2D eigenvalue weighted by molar-refractivity contribution is 5.81. The minimum Gasteiger partial charge on any atom is -0.341 e. The van der Waals surface area contributed by atoms with Crippen molar-refractivity contribution in [2.24, 2.45) is 5.92 Å². The van der Waals surface area contributed by atoms with Crippen LogP contribution in [0.3, 0.4) is 0 Å². The van der Waals surface area contributed by atoms with Gasteiger partial charge in [-0.25, -0.2) is 4.68 Å². The first-order valence-electron chi connectivity index (χ1n) is 9.86. The Morgan fingerprint density at radius 3 is 2.44 bits per heavy atom. The largest absolute Gasteiger partial charge is 0.341 e. The molecule has 1 saturated heterocycles. The van der Waals surface area contributed by atoms with Gasteiger partial charge in [-0.15, -0.1) is 0 Å². The quantitative estimate of drug-likeness (QED) is 0.829. The van der Waals surface area contributed by atoms with Crippen molar-refractivity contribution in [3.05, 3.63) is 22.2 Å². The van der Waals surface area contributed by atoms with E-state index < -0.39 is 0 Å². The Morgan fingerprint density at radius 2 is 1.89 bits per heavy atom. The first kappa shape index (κ1) is 19.6. The Balaban J connectivity index is 2.04. The van der Waals surface area contributed by atoms with E-state index in [1.165, 1.54) is 4.68 Å². The molecule has 0 aliphatic carbocycles. The van der Waals surface area contributed by atoms with Gasteiger partial charge in [0.2, 0.25) is 5.91 Å². The lowest BCUT2D eigenvalue weighted by molar-refractivity contribution is -0.133. The average Bonchev–Trinajstić information content (AvgIpc) is 3.03. The first-order valence-corrected chi connectivity index (χ1v) is 9.86. The van der Waals surface area contributed by atoms with E-state index >= 15 is 0 Å². The molecular formula is C20H31N5O2. The van der Waals surface area contributed by atoms with Crippen LogP contribution in [0.4, 0.5) is 0 Å². The van der Waals surface area contributed by atoms with Crippen molar-refractivity contribution in [1.82, 2.24) is 24.5 Å². The normalized spacial score (nSPS) is 16.5. The molecule has 2 aromatic rings. The maximum absolute atomic E-state index is 13.2. The number of hydrogen-bond acceptors (Lipinski definition) is 4. The molecule has 0 spiro atoms. The minimum absolute atomic E-state index is 0.0157. The third-order valence-corrected chi connectivity index (χ3v) is 5.31. The number of hydrogen-bond donors (Lipinski definition) is 0. The topological polar surface area (TPSA) is 73.0 Å². The fraction of sp³-hybridized carbons (Fsp3) is 0.700. The van der Waals surface area contributed by atoms with Gasteiger partial charge in [0.1, 0.15) is 12.1 Å². The summed E-state index contributed by atoms with van der Waals surface area (Å²) in [5, 5.41) is 9.78. The number of piperidine rings is 1. The number of fused-ring (bicyclic) bond motifs is 1. The molecule has 0 aromatic carbocycles.